The predicted molar refractivity (Wildman–Crippen MR) is 94.3 cm³/mol. The lowest BCUT2D eigenvalue weighted by Crippen LogP contribution is -2.42. The number of sulfone groups is 1. The Bertz CT molecular complexity index is 607. The zero-order valence-corrected chi connectivity index (χ0v) is 14.9. The molecule has 1 amide bonds. The molecule has 7 heteroatoms. The fourth-order valence-corrected chi connectivity index (χ4v) is 4.15. The molecule has 130 valence electrons. The van der Waals surface area contributed by atoms with Gasteiger partial charge in [-0.25, -0.2) is 8.42 Å². The minimum Gasteiger partial charge on any atom is -0.353 e. The summed E-state index contributed by atoms with van der Waals surface area (Å²) in [6.07, 6.45) is 4.34. The Morgan fingerprint density at radius 3 is 2.57 bits per heavy atom. The SMILES string of the molecule is CS(=O)(=O)C1CCCC(NC(=O)CC(N)c2ccccc2)C1.Cl. The zero-order chi connectivity index (χ0) is 16.2. The first kappa shape index (κ1) is 19.9. The van der Waals surface area contributed by atoms with E-state index in [1.165, 1.54) is 6.26 Å². The summed E-state index contributed by atoms with van der Waals surface area (Å²) in [5, 5.41) is 2.60. The quantitative estimate of drug-likeness (QED) is 0.840. The number of hydrogen-bond donors (Lipinski definition) is 2. The van der Waals surface area contributed by atoms with E-state index in [-0.39, 0.29) is 42.1 Å². The molecule has 23 heavy (non-hydrogen) atoms. The third kappa shape index (κ3) is 6.12. The van der Waals surface area contributed by atoms with Gasteiger partial charge in [0.1, 0.15) is 9.84 Å². The summed E-state index contributed by atoms with van der Waals surface area (Å²) in [5.74, 6) is -0.115. The summed E-state index contributed by atoms with van der Waals surface area (Å²) in [5.41, 5.74) is 6.97. The average Bonchev–Trinajstić information content (AvgIpc) is 2.47. The van der Waals surface area contributed by atoms with E-state index in [1.807, 2.05) is 30.3 Å². The molecule has 0 spiro atoms. The van der Waals surface area contributed by atoms with Crippen LogP contribution in [0.25, 0.3) is 0 Å². The third-order valence-corrected chi connectivity index (χ3v) is 5.87. The second-order valence-corrected chi connectivity index (χ2v) is 8.43. The maximum Gasteiger partial charge on any atom is 0.222 e. The lowest BCUT2D eigenvalue weighted by atomic mass is 9.94. The number of nitrogens with one attached hydrogen (secondary N) is 1. The van der Waals surface area contributed by atoms with Gasteiger partial charge in [-0.15, -0.1) is 12.4 Å². The molecule has 0 bridgehead atoms. The van der Waals surface area contributed by atoms with Crippen LogP contribution >= 0.6 is 12.4 Å². The van der Waals surface area contributed by atoms with E-state index >= 15 is 0 Å². The maximum atomic E-state index is 12.1. The largest absolute Gasteiger partial charge is 0.353 e. The molecule has 1 aromatic carbocycles. The van der Waals surface area contributed by atoms with Crippen LogP contribution in [0.15, 0.2) is 30.3 Å². The van der Waals surface area contributed by atoms with Crippen molar-refractivity contribution < 1.29 is 13.2 Å². The van der Waals surface area contributed by atoms with Gasteiger partial charge in [-0.2, -0.15) is 0 Å². The smallest absolute Gasteiger partial charge is 0.222 e. The van der Waals surface area contributed by atoms with Gasteiger partial charge in [-0.1, -0.05) is 36.8 Å². The van der Waals surface area contributed by atoms with Gasteiger partial charge < -0.3 is 11.1 Å². The molecule has 3 unspecified atom stereocenters. The highest BCUT2D eigenvalue weighted by molar-refractivity contribution is 7.91. The van der Waals surface area contributed by atoms with Gasteiger partial charge >= 0.3 is 0 Å². The summed E-state index contributed by atoms with van der Waals surface area (Å²) in [4.78, 5) is 12.1. The van der Waals surface area contributed by atoms with E-state index in [1.54, 1.807) is 0 Å². The van der Waals surface area contributed by atoms with E-state index in [2.05, 4.69) is 5.32 Å². The van der Waals surface area contributed by atoms with Crippen LogP contribution in [0.2, 0.25) is 0 Å². The Hall–Kier alpha value is -1.11. The molecule has 1 fully saturated rings. The van der Waals surface area contributed by atoms with Crippen molar-refractivity contribution in [2.75, 3.05) is 6.26 Å². The number of halogens is 1. The summed E-state index contributed by atoms with van der Waals surface area (Å²) in [6, 6.07) is 9.09. The molecule has 0 heterocycles. The fraction of sp³-hybridized carbons (Fsp3) is 0.562. The Morgan fingerprint density at radius 2 is 1.96 bits per heavy atom. The number of benzene rings is 1. The number of rotatable bonds is 5. The molecule has 0 saturated heterocycles. The zero-order valence-electron chi connectivity index (χ0n) is 13.3. The molecule has 3 N–H and O–H groups in total. The van der Waals surface area contributed by atoms with Gasteiger partial charge in [0.2, 0.25) is 5.91 Å². The Labute approximate surface area is 144 Å². The van der Waals surface area contributed by atoms with Crippen LogP contribution in [0.1, 0.15) is 43.7 Å². The first-order chi connectivity index (χ1) is 10.4. The van der Waals surface area contributed by atoms with Gasteiger partial charge in [0.05, 0.1) is 5.25 Å². The standard InChI is InChI=1S/C16H24N2O3S.ClH/c1-22(20,21)14-9-5-8-13(10-14)18-16(19)11-15(17)12-6-3-2-4-7-12;/h2-4,6-7,13-15H,5,8-11,17H2,1H3,(H,18,19);1H. The van der Waals surface area contributed by atoms with Crippen LogP contribution in [0.5, 0.6) is 0 Å². The fourth-order valence-electron chi connectivity index (χ4n) is 2.97. The van der Waals surface area contributed by atoms with Crippen molar-refractivity contribution in [1.82, 2.24) is 5.32 Å². The normalized spacial score (nSPS) is 22.7. The molecule has 1 saturated carbocycles. The second kappa shape index (κ2) is 8.66. The van der Waals surface area contributed by atoms with E-state index in [4.69, 9.17) is 5.73 Å². The average molecular weight is 361 g/mol. The van der Waals surface area contributed by atoms with Crippen molar-refractivity contribution in [2.45, 2.75) is 49.4 Å². The van der Waals surface area contributed by atoms with Crippen LogP contribution in [-0.2, 0) is 14.6 Å². The number of carbonyl (C=O) groups excluding carboxylic acids is 1. The predicted octanol–water partition coefficient (Wildman–Crippen LogP) is 1.97. The van der Waals surface area contributed by atoms with Crippen molar-refractivity contribution >= 4 is 28.2 Å². The van der Waals surface area contributed by atoms with Gasteiger partial charge in [-0.3, -0.25) is 4.79 Å². The highest BCUT2D eigenvalue weighted by Crippen LogP contribution is 2.24. The van der Waals surface area contributed by atoms with Crippen LogP contribution in [0.4, 0.5) is 0 Å². The van der Waals surface area contributed by atoms with Crippen molar-refractivity contribution in [3.8, 4) is 0 Å². The van der Waals surface area contributed by atoms with Crippen molar-refractivity contribution in [2.24, 2.45) is 5.73 Å². The van der Waals surface area contributed by atoms with E-state index < -0.39 is 9.84 Å². The minimum atomic E-state index is -3.04. The van der Waals surface area contributed by atoms with Crippen LogP contribution in [0.3, 0.4) is 0 Å². The molecule has 5 nitrogen and oxygen atoms in total. The van der Waals surface area contributed by atoms with Gasteiger partial charge in [0.25, 0.3) is 0 Å². The number of carbonyl (C=O) groups is 1. The van der Waals surface area contributed by atoms with Crippen molar-refractivity contribution in [3.63, 3.8) is 0 Å². The lowest BCUT2D eigenvalue weighted by Gasteiger charge is -2.29. The summed E-state index contributed by atoms with van der Waals surface area (Å²) in [7, 11) is -3.04. The number of nitrogens with two attached hydrogens (primary N) is 1. The molecule has 1 aromatic rings. The van der Waals surface area contributed by atoms with Crippen LogP contribution in [0, 0.1) is 0 Å². The van der Waals surface area contributed by atoms with Crippen molar-refractivity contribution in [1.29, 1.82) is 0 Å². The Morgan fingerprint density at radius 1 is 1.30 bits per heavy atom. The highest BCUT2D eigenvalue weighted by atomic mass is 35.5. The van der Waals surface area contributed by atoms with Gasteiger partial charge in [0.15, 0.2) is 0 Å². The molecular weight excluding hydrogens is 336 g/mol. The van der Waals surface area contributed by atoms with Gasteiger partial charge in [-0.05, 0) is 24.8 Å². The summed E-state index contributed by atoms with van der Waals surface area (Å²) in [6.45, 7) is 0. The molecule has 1 aliphatic carbocycles. The molecule has 2 rings (SSSR count). The van der Waals surface area contributed by atoms with Crippen molar-refractivity contribution in [3.05, 3.63) is 35.9 Å². The second-order valence-electron chi connectivity index (χ2n) is 6.10. The van der Waals surface area contributed by atoms with E-state index in [0.29, 0.717) is 12.8 Å². The van der Waals surface area contributed by atoms with Crippen LogP contribution in [-0.4, -0.2) is 31.9 Å². The molecule has 1 aliphatic rings. The highest BCUT2D eigenvalue weighted by Gasteiger charge is 2.29. The van der Waals surface area contributed by atoms with E-state index in [9.17, 15) is 13.2 Å². The molecule has 3 atom stereocenters. The molecular formula is C16H25ClN2O3S. The maximum absolute atomic E-state index is 12.1. The summed E-state index contributed by atoms with van der Waals surface area (Å²) >= 11 is 0. The molecule has 0 aliphatic heterocycles. The Kier molecular flexibility index (Phi) is 7.51. The Balaban J connectivity index is 0.00000264. The van der Waals surface area contributed by atoms with Crippen LogP contribution < -0.4 is 11.1 Å². The number of amides is 1. The topological polar surface area (TPSA) is 89.3 Å². The first-order valence-corrected chi connectivity index (χ1v) is 9.60. The molecule has 0 radical (unpaired) electrons. The van der Waals surface area contributed by atoms with E-state index in [0.717, 1.165) is 18.4 Å². The monoisotopic (exact) mass is 360 g/mol. The summed E-state index contributed by atoms with van der Waals surface area (Å²) < 4.78 is 23.3. The minimum absolute atomic E-state index is 0. The lowest BCUT2D eigenvalue weighted by molar-refractivity contribution is -0.122. The van der Waals surface area contributed by atoms with Gasteiger partial charge in [0, 0.05) is 24.8 Å². The first-order valence-electron chi connectivity index (χ1n) is 7.65. The third-order valence-electron chi connectivity index (χ3n) is 4.23. The number of hydrogen-bond acceptors (Lipinski definition) is 4. The molecule has 0 aromatic heterocycles.